The van der Waals surface area contributed by atoms with Crippen LogP contribution in [0.1, 0.15) is 31.7 Å². The number of rotatable bonds is 3. The average molecular weight is 308 g/mol. The topological polar surface area (TPSA) is 40.6 Å². The first-order chi connectivity index (χ1) is 9.88. The van der Waals surface area contributed by atoms with Gasteiger partial charge in [-0.15, -0.1) is 0 Å². The highest BCUT2D eigenvalue weighted by Gasteiger charge is 2.43. The van der Waals surface area contributed by atoms with Crippen LogP contribution in [0.5, 0.6) is 0 Å². The second-order valence-electron chi connectivity index (χ2n) is 6.69. The maximum absolute atomic E-state index is 11.9. The van der Waals surface area contributed by atoms with E-state index in [-0.39, 0.29) is 0 Å². The van der Waals surface area contributed by atoms with Crippen molar-refractivity contribution in [3.63, 3.8) is 0 Å². The van der Waals surface area contributed by atoms with Crippen molar-refractivity contribution in [1.82, 2.24) is 4.31 Å². The van der Waals surface area contributed by atoms with Gasteiger partial charge in [0.2, 0.25) is 10.0 Å². The van der Waals surface area contributed by atoms with Crippen LogP contribution in [-0.4, -0.2) is 44.7 Å². The van der Waals surface area contributed by atoms with Crippen LogP contribution in [0.2, 0.25) is 0 Å². The van der Waals surface area contributed by atoms with Crippen LogP contribution >= 0.6 is 0 Å². The summed E-state index contributed by atoms with van der Waals surface area (Å²) in [5.74, 6) is 0.910. The lowest BCUT2D eigenvalue weighted by Crippen LogP contribution is -2.48. The van der Waals surface area contributed by atoms with Gasteiger partial charge in [0.05, 0.1) is 6.26 Å². The van der Waals surface area contributed by atoms with E-state index in [4.69, 9.17) is 0 Å². The molecular weight excluding hydrogens is 284 g/mol. The van der Waals surface area contributed by atoms with Crippen LogP contribution in [0.3, 0.4) is 0 Å². The van der Waals surface area contributed by atoms with Gasteiger partial charge in [0.25, 0.3) is 0 Å². The number of sulfonamides is 1. The summed E-state index contributed by atoms with van der Waals surface area (Å²) in [4.78, 5) is 2.50. The number of anilines is 1. The molecule has 2 aliphatic rings. The van der Waals surface area contributed by atoms with Crippen LogP contribution in [0.4, 0.5) is 5.69 Å². The molecule has 0 aromatic heterocycles. The molecule has 1 aromatic carbocycles. The molecule has 0 amide bonds. The minimum atomic E-state index is -3.09. The Morgan fingerprint density at radius 3 is 2.67 bits per heavy atom. The van der Waals surface area contributed by atoms with Crippen LogP contribution < -0.4 is 4.90 Å². The molecule has 0 saturated carbocycles. The van der Waals surface area contributed by atoms with E-state index < -0.39 is 10.0 Å². The fourth-order valence-electron chi connectivity index (χ4n) is 3.76. The second kappa shape index (κ2) is 5.29. The zero-order chi connectivity index (χ0) is 15.2. The number of piperidine rings is 1. The fourth-order valence-corrected chi connectivity index (χ4v) is 4.63. The number of para-hydroxylation sites is 1. The van der Waals surface area contributed by atoms with Gasteiger partial charge in [-0.05, 0) is 24.0 Å². The third-order valence-electron chi connectivity index (χ3n) is 4.62. The number of hydrogen-bond acceptors (Lipinski definition) is 3. The normalized spacial score (nSPS) is 26.0. The summed E-state index contributed by atoms with van der Waals surface area (Å²) in [6, 6.07) is 8.94. The molecule has 0 spiro atoms. The van der Waals surface area contributed by atoms with E-state index in [9.17, 15) is 8.42 Å². The van der Waals surface area contributed by atoms with Gasteiger partial charge in [0, 0.05) is 37.3 Å². The van der Waals surface area contributed by atoms with Crippen LogP contribution in [-0.2, 0) is 10.0 Å². The Kier molecular flexibility index (Phi) is 3.74. The molecule has 0 radical (unpaired) electrons. The van der Waals surface area contributed by atoms with Gasteiger partial charge in [-0.1, -0.05) is 32.0 Å². The van der Waals surface area contributed by atoms with Gasteiger partial charge >= 0.3 is 0 Å². The van der Waals surface area contributed by atoms with Gasteiger partial charge in [0.1, 0.15) is 0 Å². The monoisotopic (exact) mass is 308 g/mol. The van der Waals surface area contributed by atoms with Crippen molar-refractivity contribution in [3.05, 3.63) is 29.8 Å². The molecule has 2 aliphatic heterocycles. The molecule has 0 aliphatic carbocycles. The lowest BCUT2D eigenvalue weighted by atomic mass is 9.90. The Hall–Kier alpha value is -1.07. The summed E-state index contributed by atoms with van der Waals surface area (Å²) in [5.41, 5.74) is 2.62. The molecule has 0 bridgehead atoms. The molecule has 1 saturated heterocycles. The number of nitrogens with zero attached hydrogens (tertiary/aromatic N) is 2. The number of benzene rings is 1. The summed E-state index contributed by atoms with van der Waals surface area (Å²) in [5, 5.41) is 0. The summed E-state index contributed by atoms with van der Waals surface area (Å²) < 4.78 is 25.4. The quantitative estimate of drug-likeness (QED) is 0.860. The van der Waals surface area contributed by atoms with Crippen molar-refractivity contribution in [2.24, 2.45) is 5.92 Å². The van der Waals surface area contributed by atoms with E-state index in [2.05, 4.69) is 43.0 Å². The van der Waals surface area contributed by atoms with E-state index in [1.807, 2.05) is 0 Å². The molecule has 2 atom stereocenters. The summed E-state index contributed by atoms with van der Waals surface area (Å²) >= 11 is 0. The number of hydrogen-bond donors (Lipinski definition) is 0. The first-order valence-corrected chi connectivity index (χ1v) is 9.53. The predicted octanol–water partition coefficient (Wildman–Crippen LogP) is 2.28. The van der Waals surface area contributed by atoms with Gasteiger partial charge in [0.15, 0.2) is 0 Å². The highest BCUT2D eigenvalue weighted by molar-refractivity contribution is 7.88. The van der Waals surface area contributed by atoms with Crippen molar-refractivity contribution in [3.8, 4) is 0 Å². The summed E-state index contributed by atoms with van der Waals surface area (Å²) in [7, 11) is -3.09. The van der Waals surface area contributed by atoms with E-state index in [1.54, 1.807) is 4.31 Å². The van der Waals surface area contributed by atoms with Gasteiger partial charge < -0.3 is 4.90 Å². The molecule has 21 heavy (non-hydrogen) atoms. The molecule has 0 N–H and O–H groups in total. The highest BCUT2D eigenvalue weighted by Crippen LogP contribution is 2.45. The van der Waals surface area contributed by atoms with E-state index in [1.165, 1.54) is 17.5 Å². The van der Waals surface area contributed by atoms with Crippen molar-refractivity contribution in [1.29, 1.82) is 0 Å². The minimum Gasteiger partial charge on any atom is -0.367 e. The minimum absolute atomic E-state index is 0.309. The Labute approximate surface area is 127 Å². The number of fused-ring (bicyclic) bond motifs is 3. The first-order valence-electron chi connectivity index (χ1n) is 7.68. The fraction of sp³-hybridized carbons (Fsp3) is 0.625. The summed E-state index contributed by atoms with van der Waals surface area (Å²) in [6.45, 7) is 6.78. The second-order valence-corrected chi connectivity index (χ2v) is 8.67. The molecule has 2 heterocycles. The molecule has 5 heteroatoms. The summed E-state index contributed by atoms with van der Waals surface area (Å²) in [6.07, 6.45) is 2.24. The predicted molar refractivity (Wildman–Crippen MR) is 86.2 cm³/mol. The van der Waals surface area contributed by atoms with Crippen molar-refractivity contribution >= 4 is 15.7 Å². The Morgan fingerprint density at radius 2 is 2.00 bits per heavy atom. The molecule has 1 fully saturated rings. The van der Waals surface area contributed by atoms with Crippen molar-refractivity contribution in [2.45, 2.75) is 32.2 Å². The molecule has 116 valence electrons. The maximum Gasteiger partial charge on any atom is 0.211 e. The Bertz CT molecular complexity index is 627. The lowest BCUT2D eigenvalue weighted by Gasteiger charge is -2.38. The SMILES string of the molecule is CC(C)CN1c2ccccc2[C@@H]2CN(S(C)(=O)=O)CC[C@@H]21. The lowest BCUT2D eigenvalue weighted by molar-refractivity contribution is 0.288. The zero-order valence-electron chi connectivity index (χ0n) is 13.0. The largest absolute Gasteiger partial charge is 0.367 e. The van der Waals surface area contributed by atoms with E-state index >= 15 is 0 Å². The maximum atomic E-state index is 11.9. The molecule has 0 unspecified atom stereocenters. The smallest absolute Gasteiger partial charge is 0.211 e. The Morgan fingerprint density at radius 1 is 1.29 bits per heavy atom. The van der Waals surface area contributed by atoms with Crippen molar-refractivity contribution < 1.29 is 8.42 Å². The third-order valence-corrected chi connectivity index (χ3v) is 5.89. The highest BCUT2D eigenvalue weighted by atomic mass is 32.2. The van der Waals surface area contributed by atoms with Gasteiger partial charge in [-0.25, -0.2) is 12.7 Å². The van der Waals surface area contributed by atoms with E-state index in [0.29, 0.717) is 31.0 Å². The van der Waals surface area contributed by atoms with Crippen LogP contribution in [0, 0.1) is 5.92 Å². The van der Waals surface area contributed by atoms with Gasteiger partial charge in [-0.3, -0.25) is 0 Å². The van der Waals surface area contributed by atoms with Gasteiger partial charge in [-0.2, -0.15) is 0 Å². The van der Waals surface area contributed by atoms with E-state index in [0.717, 1.165) is 13.0 Å². The standard InChI is InChI=1S/C16H24N2O2S/c1-12(2)10-18-15-7-5-4-6-13(15)14-11-17(21(3,19)20)9-8-16(14)18/h4-7,12,14,16H,8-11H2,1-3H3/t14-,16-/m0/s1. The van der Waals surface area contributed by atoms with Crippen LogP contribution in [0.25, 0.3) is 0 Å². The first kappa shape index (κ1) is 14.9. The molecule has 3 rings (SSSR count). The van der Waals surface area contributed by atoms with Crippen molar-refractivity contribution in [2.75, 3.05) is 30.8 Å². The Balaban J connectivity index is 1.94. The molecular formula is C16H24N2O2S. The molecule has 1 aromatic rings. The zero-order valence-corrected chi connectivity index (χ0v) is 13.8. The average Bonchev–Trinajstić information content (AvgIpc) is 2.72. The molecule has 4 nitrogen and oxygen atoms in total. The van der Waals surface area contributed by atoms with Crippen LogP contribution in [0.15, 0.2) is 24.3 Å². The third kappa shape index (κ3) is 2.69.